The lowest BCUT2D eigenvalue weighted by molar-refractivity contribution is 0.868. The molecule has 0 unspecified atom stereocenters. The minimum absolute atomic E-state index is 0.559. The molecule has 2 rings (SSSR count). The van der Waals surface area contributed by atoms with Crippen LogP contribution in [0, 0.1) is 3.57 Å². The van der Waals surface area contributed by atoms with E-state index in [1.807, 2.05) is 13.1 Å². The van der Waals surface area contributed by atoms with Crippen LogP contribution in [0.5, 0.6) is 0 Å². The van der Waals surface area contributed by atoms with Gasteiger partial charge in [-0.1, -0.05) is 42.6 Å². The zero-order valence-corrected chi connectivity index (χ0v) is 14.8. The van der Waals surface area contributed by atoms with Crippen molar-refractivity contribution in [2.45, 2.75) is 19.8 Å². The number of rotatable bonds is 4. The molecule has 0 amide bonds. The number of aryl methyl sites for hydroxylation is 1. The van der Waals surface area contributed by atoms with E-state index in [2.05, 4.69) is 44.8 Å². The molecule has 0 aliphatic rings. The maximum absolute atomic E-state index is 6.24. The van der Waals surface area contributed by atoms with Gasteiger partial charge < -0.3 is 5.32 Å². The Morgan fingerprint density at radius 1 is 1.20 bits per heavy atom. The van der Waals surface area contributed by atoms with Gasteiger partial charge >= 0.3 is 0 Å². The molecule has 0 radical (unpaired) electrons. The Hall–Kier alpha value is -0.590. The second-order valence-corrected chi connectivity index (χ2v) is 6.15. The van der Waals surface area contributed by atoms with Gasteiger partial charge in [-0.25, -0.2) is 9.97 Å². The summed E-state index contributed by atoms with van der Waals surface area (Å²) in [5.74, 6) is 1.36. The van der Waals surface area contributed by atoms with Crippen molar-refractivity contribution in [1.29, 1.82) is 0 Å². The number of halogens is 3. The largest absolute Gasteiger partial charge is 0.372 e. The van der Waals surface area contributed by atoms with Crippen LogP contribution >= 0.6 is 45.8 Å². The van der Waals surface area contributed by atoms with Crippen molar-refractivity contribution in [2.24, 2.45) is 0 Å². The number of benzene rings is 1. The minimum atomic E-state index is 0.559. The Labute approximate surface area is 142 Å². The summed E-state index contributed by atoms with van der Waals surface area (Å²) in [7, 11) is 1.85. The molecular formula is C14H14Cl2IN3. The van der Waals surface area contributed by atoms with Crippen molar-refractivity contribution >= 4 is 51.6 Å². The Morgan fingerprint density at radius 3 is 2.40 bits per heavy atom. The second kappa shape index (κ2) is 6.91. The average Bonchev–Trinajstić information content (AvgIpc) is 2.42. The molecule has 1 aromatic carbocycles. The summed E-state index contributed by atoms with van der Waals surface area (Å²) in [6, 6.07) is 5.40. The molecule has 1 aromatic heterocycles. The minimum Gasteiger partial charge on any atom is -0.372 e. The summed E-state index contributed by atoms with van der Waals surface area (Å²) in [5.41, 5.74) is 1.69. The molecule has 0 bridgehead atoms. The predicted molar refractivity (Wildman–Crippen MR) is 93.7 cm³/mol. The topological polar surface area (TPSA) is 37.8 Å². The van der Waals surface area contributed by atoms with Crippen LogP contribution in [0.25, 0.3) is 11.4 Å². The fourth-order valence-electron chi connectivity index (χ4n) is 1.88. The molecule has 1 N–H and O–H groups in total. The first-order chi connectivity index (χ1) is 9.58. The second-order valence-electron chi connectivity index (χ2n) is 4.25. The van der Waals surface area contributed by atoms with E-state index in [4.69, 9.17) is 23.2 Å². The summed E-state index contributed by atoms with van der Waals surface area (Å²) in [6.07, 6.45) is 1.91. The lowest BCUT2D eigenvalue weighted by Gasteiger charge is -2.12. The van der Waals surface area contributed by atoms with Crippen molar-refractivity contribution < 1.29 is 0 Å². The maximum Gasteiger partial charge on any atom is 0.164 e. The van der Waals surface area contributed by atoms with Gasteiger partial charge in [0.05, 0.1) is 24.9 Å². The van der Waals surface area contributed by atoms with E-state index in [1.54, 1.807) is 12.1 Å². The van der Waals surface area contributed by atoms with E-state index in [1.165, 1.54) is 0 Å². The monoisotopic (exact) mass is 421 g/mol. The number of anilines is 1. The molecule has 2 aromatic rings. The van der Waals surface area contributed by atoms with Crippen molar-refractivity contribution in [2.75, 3.05) is 12.4 Å². The number of hydrogen-bond acceptors (Lipinski definition) is 3. The average molecular weight is 422 g/mol. The molecule has 0 aliphatic carbocycles. The van der Waals surface area contributed by atoms with Gasteiger partial charge in [0.25, 0.3) is 0 Å². The molecule has 1 heterocycles. The highest BCUT2D eigenvalue weighted by Gasteiger charge is 2.16. The molecule has 0 saturated heterocycles. The maximum atomic E-state index is 6.24. The number of aromatic nitrogens is 2. The van der Waals surface area contributed by atoms with Crippen LogP contribution in [-0.2, 0) is 6.42 Å². The van der Waals surface area contributed by atoms with Crippen molar-refractivity contribution in [3.63, 3.8) is 0 Å². The van der Waals surface area contributed by atoms with Gasteiger partial charge in [-0.3, -0.25) is 0 Å². The van der Waals surface area contributed by atoms with Crippen molar-refractivity contribution in [3.8, 4) is 11.4 Å². The summed E-state index contributed by atoms with van der Waals surface area (Å²) in [5, 5.41) is 4.22. The van der Waals surface area contributed by atoms with Crippen LogP contribution < -0.4 is 5.32 Å². The van der Waals surface area contributed by atoms with Gasteiger partial charge in [-0.05, 0) is 41.1 Å². The van der Waals surface area contributed by atoms with Crippen LogP contribution in [0.4, 0.5) is 5.82 Å². The molecule has 0 atom stereocenters. The summed E-state index contributed by atoms with van der Waals surface area (Å²) in [6.45, 7) is 2.12. The van der Waals surface area contributed by atoms with Gasteiger partial charge in [0, 0.05) is 7.05 Å². The number of nitrogens with zero attached hydrogens (tertiary/aromatic N) is 2. The van der Waals surface area contributed by atoms with E-state index >= 15 is 0 Å². The van der Waals surface area contributed by atoms with Gasteiger partial charge in [0.1, 0.15) is 5.82 Å². The Morgan fingerprint density at radius 2 is 1.85 bits per heavy atom. The third-order valence-corrected chi connectivity index (χ3v) is 4.59. The Kier molecular flexibility index (Phi) is 5.46. The zero-order valence-electron chi connectivity index (χ0n) is 11.2. The fourth-order valence-corrected chi connectivity index (χ4v) is 3.23. The van der Waals surface area contributed by atoms with Gasteiger partial charge in [-0.2, -0.15) is 0 Å². The molecule has 3 nitrogen and oxygen atoms in total. The fraction of sp³-hybridized carbons (Fsp3) is 0.286. The van der Waals surface area contributed by atoms with Gasteiger partial charge in [0.2, 0.25) is 0 Å². The van der Waals surface area contributed by atoms with E-state index in [0.29, 0.717) is 21.4 Å². The van der Waals surface area contributed by atoms with Crippen LogP contribution in [0.3, 0.4) is 0 Å². The summed E-state index contributed by atoms with van der Waals surface area (Å²) in [4.78, 5) is 9.16. The number of nitrogens with one attached hydrogen (secondary N) is 1. The van der Waals surface area contributed by atoms with Crippen LogP contribution in [0.15, 0.2) is 18.2 Å². The van der Waals surface area contributed by atoms with E-state index < -0.39 is 0 Å². The standard InChI is InChI=1S/C14H14Cl2IN3/c1-3-5-10-12(17)14(18-2)20-13(19-10)11-8(15)6-4-7-9(11)16/h4,6-7H,3,5H2,1-2H3,(H,18,19,20). The SMILES string of the molecule is CCCc1nc(-c2c(Cl)cccc2Cl)nc(NC)c1I. The predicted octanol–water partition coefficient (Wildman–Crippen LogP) is 5.05. The highest BCUT2D eigenvalue weighted by molar-refractivity contribution is 14.1. The molecule has 0 fully saturated rings. The highest BCUT2D eigenvalue weighted by atomic mass is 127. The third-order valence-electron chi connectivity index (χ3n) is 2.83. The van der Waals surface area contributed by atoms with Gasteiger partial charge in [-0.15, -0.1) is 0 Å². The zero-order chi connectivity index (χ0) is 14.7. The lowest BCUT2D eigenvalue weighted by atomic mass is 10.2. The van der Waals surface area contributed by atoms with E-state index in [0.717, 1.165) is 27.9 Å². The van der Waals surface area contributed by atoms with E-state index in [-0.39, 0.29) is 0 Å². The first-order valence-electron chi connectivity index (χ1n) is 6.27. The summed E-state index contributed by atoms with van der Waals surface area (Å²) < 4.78 is 1.04. The Bertz CT molecular complexity index is 612. The summed E-state index contributed by atoms with van der Waals surface area (Å²) >= 11 is 14.7. The quantitative estimate of drug-likeness (QED) is 0.702. The molecule has 0 spiro atoms. The first-order valence-corrected chi connectivity index (χ1v) is 8.10. The molecule has 0 saturated carbocycles. The normalized spacial score (nSPS) is 10.7. The van der Waals surface area contributed by atoms with Crippen molar-refractivity contribution in [1.82, 2.24) is 9.97 Å². The molecular weight excluding hydrogens is 408 g/mol. The van der Waals surface area contributed by atoms with Crippen LogP contribution in [0.2, 0.25) is 10.0 Å². The Balaban J connectivity index is 2.65. The van der Waals surface area contributed by atoms with Crippen LogP contribution in [0.1, 0.15) is 19.0 Å². The lowest BCUT2D eigenvalue weighted by Crippen LogP contribution is -2.05. The smallest absolute Gasteiger partial charge is 0.164 e. The van der Waals surface area contributed by atoms with E-state index in [9.17, 15) is 0 Å². The molecule has 106 valence electrons. The first kappa shape index (κ1) is 15.8. The van der Waals surface area contributed by atoms with Crippen LogP contribution in [-0.4, -0.2) is 17.0 Å². The molecule has 0 aliphatic heterocycles. The third kappa shape index (κ3) is 3.18. The van der Waals surface area contributed by atoms with Crippen molar-refractivity contribution in [3.05, 3.63) is 37.5 Å². The van der Waals surface area contributed by atoms with Gasteiger partial charge in [0.15, 0.2) is 5.82 Å². The highest BCUT2D eigenvalue weighted by Crippen LogP contribution is 2.34. The number of hydrogen-bond donors (Lipinski definition) is 1. The molecule has 6 heteroatoms. The molecule has 20 heavy (non-hydrogen) atoms.